The van der Waals surface area contributed by atoms with E-state index in [1.54, 1.807) is 18.2 Å². The van der Waals surface area contributed by atoms with Crippen LogP contribution in [-0.2, 0) is 6.42 Å². The van der Waals surface area contributed by atoms with Crippen LogP contribution in [0.3, 0.4) is 0 Å². The fourth-order valence-electron chi connectivity index (χ4n) is 1.92. The Bertz CT molecular complexity index is 552. The van der Waals surface area contributed by atoms with E-state index in [-0.39, 0.29) is 5.78 Å². The summed E-state index contributed by atoms with van der Waals surface area (Å²) in [7, 11) is 0. The Kier molecular flexibility index (Phi) is 4.88. The maximum Gasteiger partial charge on any atom is 0.192 e. The molecule has 0 aliphatic heterocycles. The highest BCUT2D eigenvalue weighted by Crippen LogP contribution is 2.19. The summed E-state index contributed by atoms with van der Waals surface area (Å²) < 4.78 is 0.721. The molecular formula is C16H15BrO2. The van der Waals surface area contributed by atoms with E-state index >= 15 is 0 Å². The molecule has 1 unspecified atom stereocenters. The number of hydrogen-bond donors (Lipinski definition) is 1. The van der Waals surface area contributed by atoms with E-state index in [1.807, 2.05) is 36.4 Å². The van der Waals surface area contributed by atoms with Crippen molar-refractivity contribution in [2.45, 2.75) is 18.9 Å². The Morgan fingerprint density at radius 2 is 1.68 bits per heavy atom. The average molecular weight is 319 g/mol. The number of hydrogen-bond acceptors (Lipinski definition) is 2. The van der Waals surface area contributed by atoms with Crippen LogP contribution in [0.5, 0.6) is 0 Å². The zero-order chi connectivity index (χ0) is 13.7. The van der Waals surface area contributed by atoms with Gasteiger partial charge in [0.15, 0.2) is 5.78 Å². The predicted octanol–water partition coefficient (Wildman–Crippen LogP) is 3.63. The smallest absolute Gasteiger partial charge is 0.192 e. The van der Waals surface area contributed by atoms with Gasteiger partial charge in [0.05, 0.1) is 0 Å². The Balaban J connectivity index is 1.99. The minimum Gasteiger partial charge on any atom is -0.385 e. The fraction of sp³-hybridized carbons (Fsp3) is 0.188. The summed E-state index contributed by atoms with van der Waals surface area (Å²) in [6.07, 6.45) is 0.168. The van der Waals surface area contributed by atoms with Crippen molar-refractivity contribution in [3.63, 3.8) is 0 Å². The standard InChI is InChI=1S/C16H15BrO2/c17-14-9-5-4-8-13(14)16(19)15(18)11-10-12-6-2-1-3-7-12/h1-9,15,18H,10-11H2. The lowest BCUT2D eigenvalue weighted by Crippen LogP contribution is -2.21. The second-order valence-corrected chi connectivity index (χ2v) is 5.24. The van der Waals surface area contributed by atoms with Crippen molar-refractivity contribution in [1.82, 2.24) is 0 Å². The zero-order valence-corrected chi connectivity index (χ0v) is 12.0. The molecule has 0 aromatic heterocycles. The van der Waals surface area contributed by atoms with E-state index in [9.17, 15) is 9.90 Å². The first-order valence-electron chi connectivity index (χ1n) is 6.19. The monoisotopic (exact) mass is 318 g/mol. The number of aryl methyl sites for hydroxylation is 1. The third-order valence-electron chi connectivity index (χ3n) is 2.99. The summed E-state index contributed by atoms with van der Waals surface area (Å²) >= 11 is 3.33. The predicted molar refractivity (Wildman–Crippen MR) is 79.2 cm³/mol. The molecular weight excluding hydrogens is 304 g/mol. The zero-order valence-electron chi connectivity index (χ0n) is 10.4. The number of Topliss-reactive ketones (excluding diaryl/α,β-unsaturated/α-hetero) is 1. The van der Waals surface area contributed by atoms with Crippen molar-refractivity contribution >= 4 is 21.7 Å². The number of ketones is 1. The number of carbonyl (C=O) groups excluding carboxylic acids is 1. The van der Waals surface area contributed by atoms with Gasteiger partial charge < -0.3 is 5.11 Å². The summed E-state index contributed by atoms with van der Waals surface area (Å²) in [6, 6.07) is 17.0. The van der Waals surface area contributed by atoms with Crippen LogP contribution in [-0.4, -0.2) is 17.0 Å². The van der Waals surface area contributed by atoms with E-state index in [2.05, 4.69) is 15.9 Å². The number of benzene rings is 2. The molecule has 0 radical (unpaired) electrons. The van der Waals surface area contributed by atoms with Crippen molar-refractivity contribution in [3.8, 4) is 0 Å². The molecule has 0 bridgehead atoms. The van der Waals surface area contributed by atoms with Crippen LogP contribution < -0.4 is 0 Å². The topological polar surface area (TPSA) is 37.3 Å². The third-order valence-corrected chi connectivity index (χ3v) is 3.68. The Morgan fingerprint density at radius 3 is 2.37 bits per heavy atom. The Hall–Kier alpha value is -1.45. The Labute approximate surface area is 121 Å². The van der Waals surface area contributed by atoms with Gasteiger partial charge in [-0.1, -0.05) is 64.5 Å². The largest absolute Gasteiger partial charge is 0.385 e. The first-order valence-corrected chi connectivity index (χ1v) is 6.98. The Morgan fingerprint density at radius 1 is 1.05 bits per heavy atom. The van der Waals surface area contributed by atoms with E-state index in [4.69, 9.17) is 0 Å². The maximum absolute atomic E-state index is 12.1. The molecule has 0 spiro atoms. The molecule has 1 atom stereocenters. The average Bonchev–Trinajstić information content (AvgIpc) is 2.45. The molecule has 2 aromatic rings. The first-order chi connectivity index (χ1) is 9.18. The van der Waals surface area contributed by atoms with E-state index < -0.39 is 6.10 Å². The molecule has 0 aliphatic rings. The van der Waals surface area contributed by atoms with Gasteiger partial charge >= 0.3 is 0 Å². The molecule has 0 saturated carbocycles. The van der Waals surface area contributed by atoms with Crippen LogP contribution in [0, 0.1) is 0 Å². The number of halogens is 1. The van der Waals surface area contributed by atoms with Gasteiger partial charge in [0.25, 0.3) is 0 Å². The summed E-state index contributed by atoms with van der Waals surface area (Å²) in [6.45, 7) is 0. The first kappa shape index (κ1) is 14.0. The van der Waals surface area contributed by atoms with Crippen molar-refractivity contribution in [1.29, 1.82) is 0 Å². The molecule has 0 amide bonds. The van der Waals surface area contributed by atoms with Crippen molar-refractivity contribution < 1.29 is 9.90 Å². The van der Waals surface area contributed by atoms with E-state index in [0.717, 1.165) is 10.0 Å². The highest BCUT2D eigenvalue weighted by atomic mass is 79.9. The van der Waals surface area contributed by atoms with Crippen molar-refractivity contribution in [3.05, 3.63) is 70.2 Å². The molecule has 3 heteroatoms. The molecule has 98 valence electrons. The van der Waals surface area contributed by atoms with Crippen LogP contribution >= 0.6 is 15.9 Å². The quantitative estimate of drug-likeness (QED) is 0.855. The highest BCUT2D eigenvalue weighted by Gasteiger charge is 2.18. The van der Waals surface area contributed by atoms with E-state index in [0.29, 0.717) is 18.4 Å². The summed E-state index contributed by atoms with van der Waals surface area (Å²) in [5.74, 6) is -0.233. The fourth-order valence-corrected chi connectivity index (χ4v) is 2.40. The van der Waals surface area contributed by atoms with Crippen LogP contribution in [0.2, 0.25) is 0 Å². The van der Waals surface area contributed by atoms with Gasteiger partial charge in [0.2, 0.25) is 0 Å². The second-order valence-electron chi connectivity index (χ2n) is 4.38. The number of aliphatic hydroxyl groups is 1. The van der Waals surface area contributed by atoms with Gasteiger partial charge in [-0.3, -0.25) is 4.79 Å². The van der Waals surface area contributed by atoms with Gasteiger partial charge in [-0.2, -0.15) is 0 Å². The highest BCUT2D eigenvalue weighted by molar-refractivity contribution is 9.10. The SMILES string of the molecule is O=C(c1ccccc1Br)C(O)CCc1ccccc1. The minimum atomic E-state index is -0.959. The molecule has 19 heavy (non-hydrogen) atoms. The maximum atomic E-state index is 12.1. The molecule has 0 saturated heterocycles. The van der Waals surface area contributed by atoms with Gasteiger partial charge in [-0.05, 0) is 24.5 Å². The molecule has 2 rings (SSSR count). The molecule has 0 heterocycles. The summed E-state index contributed by atoms with van der Waals surface area (Å²) in [5, 5.41) is 9.99. The normalized spacial score (nSPS) is 12.1. The van der Waals surface area contributed by atoms with Crippen LogP contribution in [0.1, 0.15) is 22.3 Å². The lowest BCUT2D eigenvalue weighted by molar-refractivity contribution is 0.0731. The third kappa shape index (κ3) is 3.75. The molecule has 0 fully saturated rings. The number of aliphatic hydroxyl groups excluding tert-OH is 1. The molecule has 1 N–H and O–H groups in total. The lowest BCUT2D eigenvalue weighted by Gasteiger charge is -2.10. The van der Waals surface area contributed by atoms with Crippen LogP contribution in [0.15, 0.2) is 59.1 Å². The van der Waals surface area contributed by atoms with Crippen LogP contribution in [0.25, 0.3) is 0 Å². The summed E-state index contributed by atoms with van der Waals surface area (Å²) in [4.78, 5) is 12.1. The van der Waals surface area contributed by atoms with Gasteiger partial charge in [0, 0.05) is 10.0 Å². The van der Waals surface area contributed by atoms with Gasteiger partial charge in [-0.15, -0.1) is 0 Å². The second kappa shape index (κ2) is 6.64. The van der Waals surface area contributed by atoms with Gasteiger partial charge in [0.1, 0.15) is 6.10 Å². The number of carbonyl (C=O) groups is 1. The summed E-state index contributed by atoms with van der Waals surface area (Å²) in [5.41, 5.74) is 1.66. The van der Waals surface area contributed by atoms with Crippen molar-refractivity contribution in [2.75, 3.05) is 0 Å². The minimum absolute atomic E-state index is 0.233. The number of rotatable bonds is 5. The van der Waals surface area contributed by atoms with Gasteiger partial charge in [-0.25, -0.2) is 0 Å². The van der Waals surface area contributed by atoms with E-state index in [1.165, 1.54) is 0 Å². The molecule has 0 aliphatic carbocycles. The van der Waals surface area contributed by atoms with Crippen LogP contribution in [0.4, 0.5) is 0 Å². The van der Waals surface area contributed by atoms with Crippen molar-refractivity contribution in [2.24, 2.45) is 0 Å². The molecule has 2 aromatic carbocycles. The molecule has 2 nitrogen and oxygen atoms in total. The lowest BCUT2D eigenvalue weighted by atomic mass is 10.0.